The Bertz CT molecular complexity index is 661. The van der Waals surface area contributed by atoms with Gasteiger partial charge >= 0.3 is 0 Å². The van der Waals surface area contributed by atoms with Crippen LogP contribution in [0.3, 0.4) is 0 Å². The summed E-state index contributed by atoms with van der Waals surface area (Å²) in [6.07, 6.45) is 0.929. The Morgan fingerprint density at radius 2 is 1.78 bits per heavy atom. The zero-order valence-corrected chi connectivity index (χ0v) is 13.4. The first-order valence-corrected chi connectivity index (χ1v) is 7.57. The van der Waals surface area contributed by atoms with E-state index in [4.69, 9.17) is 21.1 Å². The number of rotatable bonds is 7. The Morgan fingerprint density at radius 3 is 2.43 bits per heavy atom. The van der Waals surface area contributed by atoms with Crippen LogP contribution < -0.4 is 14.8 Å². The lowest BCUT2D eigenvalue weighted by atomic mass is 10.3. The first-order valence-electron chi connectivity index (χ1n) is 7.19. The highest BCUT2D eigenvalue weighted by atomic mass is 35.5. The van der Waals surface area contributed by atoms with Crippen LogP contribution in [0.15, 0.2) is 42.5 Å². The number of carbonyl (C=O) groups is 1. The topological polar surface area (TPSA) is 47.6 Å². The lowest BCUT2D eigenvalue weighted by Gasteiger charge is -2.09. The fourth-order valence-corrected chi connectivity index (χ4v) is 1.96. The summed E-state index contributed by atoms with van der Waals surface area (Å²) in [6, 6.07) is 11.3. The molecule has 0 saturated carbocycles. The van der Waals surface area contributed by atoms with Gasteiger partial charge in [0.2, 0.25) is 0 Å². The Hall–Kier alpha value is -2.27. The Kier molecular flexibility index (Phi) is 6.23. The molecule has 2 aromatic rings. The molecule has 0 aromatic heterocycles. The van der Waals surface area contributed by atoms with E-state index in [0.29, 0.717) is 12.4 Å². The molecule has 1 amide bonds. The highest BCUT2D eigenvalue weighted by Crippen LogP contribution is 2.22. The highest BCUT2D eigenvalue weighted by molar-refractivity contribution is 6.31. The second-order valence-corrected chi connectivity index (χ2v) is 5.17. The standard InChI is InChI=1S/C17H17ClFNO3/c1-2-10-22-12-6-8-13(9-7-12)23-11-16(21)20-15-5-3-4-14(18)17(15)19/h3-9H,2,10-11H2,1H3,(H,20,21). The third kappa shape index (κ3) is 5.14. The summed E-state index contributed by atoms with van der Waals surface area (Å²) >= 11 is 5.65. The Morgan fingerprint density at radius 1 is 1.13 bits per heavy atom. The fourth-order valence-electron chi connectivity index (χ4n) is 1.79. The second-order valence-electron chi connectivity index (χ2n) is 4.76. The molecule has 0 bridgehead atoms. The minimum Gasteiger partial charge on any atom is -0.494 e. The molecular weight excluding hydrogens is 321 g/mol. The van der Waals surface area contributed by atoms with Gasteiger partial charge < -0.3 is 14.8 Å². The van der Waals surface area contributed by atoms with E-state index in [1.54, 1.807) is 30.3 Å². The van der Waals surface area contributed by atoms with E-state index in [9.17, 15) is 9.18 Å². The van der Waals surface area contributed by atoms with Crippen molar-refractivity contribution in [1.29, 1.82) is 0 Å². The predicted octanol–water partition coefficient (Wildman–Crippen LogP) is 4.29. The predicted molar refractivity (Wildman–Crippen MR) is 87.8 cm³/mol. The fraction of sp³-hybridized carbons (Fsp3) is 0.235. The number of benzene rings is 2. The van der Waals surface area contributed by atoms with Crippen molar-refractivity contribution >= 4 is 23.2 Å². The third-order valence-corrected chi connectivity index (χ3v) is 3.18. The van der Waals surface area contributed by atoms with E-state index in [1.165, 1.54) is 12.1 Å². The van der Waals surface area contributed by atoms with Crippen LogP contribution in [0.25, 0.3) is 0 Å². The number of halogens is 2. The molecule has 0 spiro atoms. The molecule has 0 aliphatic heterocycles. The summed E-state index contributed by atoms with van der Waals surface area (Å²) in [5, 5.41) is 2.36. The monoisotopic (exact) mass is 337 g/mol. The number of anilines is 1. The average molecular weight is 338 g/mol. The van der Waals surface area contributed by atoms with Gasteiger partial charge in [0.05, 0.1) is 17.3 Å². The molecule has 122 valence electrons. The summed E-state index contributed by atoms with van der Waals surface area (Å²) in [6.45, 7) is 2.44. The van der Waals surface area contributed by atoms with E-state index in [-0.39, 0.29) is 17.3 Å². The van der Waals surface area contributed by atoms with Crippen LogP contribution in [-0.4, -0.2) is 19.1 Å². The van der Waals surface area contributed by atoms with E-state index >= 15 is 0 Å². The molecule has 0 atom stereocenters. The van der Waals surface area contributed by atoms with Crippen LogP contribution in [0.2, 0.25) is 5.02 Å². The van der Waals surface area contributed by atoms with Gasteiger partial charge in [-0.2, -0.15) is 0 Å². The summed E-state index contributed by atoms with van der Waals surface area (Å²) < 4.78 is 24.5. The number of hydrogen-bond acceptors (Lipinski definition) is 3. The van der Waals surface area contributed by atoms with E-state index in [1.807, 2.05) is 6.92 Å². The van der Waals surface area contributed by atoms with Crippen molar-refractivity contribution < 1.29 is 18.7 Å². The highest BCUT2D eigenvalue weighted by Gasteiger charge is 2.10. The number of nitrogens with one attached hydrogen (secondary N) is 1. The average Bonchev–Trinajstić information content (AvgIpc) is 2.56. The van der Waals surface area contributed by atoms with Gasteiger partial charge in [0.1, 0.15) is 11.5 Å². The van der Waals surface area contributed by atoms with Crippen molar-refractivity contribution in [1.82, 2.24) is 0 Å². The minimum atomic E-state index is -0.667. The number of ether oxygens (including phenoxy) is 2. The van der Waals surface area contributed by atoms with Crippen molar-refractivity contribution in [2.24, 2.45) is 0 Å². The van der Waals surface area contributed by atoms with Gasteiger partial charge in [-0.1, -0.05) is 24.6 Å². The van der Waals surface area contributed by atoms with Gasteiger partial charge in [0.15, 0.2) is 12.4 Å². The molecular formula is C17H17ClFNO3. The quantitative estimate of drug-likeness (QED) is 0.820. The summed E-state index contributed by atoms with van der Waals surface area (Å²) in [4.78, 5) is 11.8. The van der Waals surface area contributed by atoms with Gasteiger partial charge in [-0.15, -0.1) is 0 Å². The third-order valence-electron chi connectivity index (χ3n) is 2.89. The summed E-state index contributed by atoms with van der Waals surface area (Å²) in [7, 11) is 0. The van der Waals surface area contributed by atoms with Crippen LogP contribution >= 0.6 is 11.6 Å². The summed E-state index contributed by atoms with van der Waals surface area (Å²) in [5.74, 6) is 0.123. The van der Waals surface area contributed by atoms with E-state index < -0.39 is 11.7 Å². The molecule has 23 heavy (non-hydrogen) atoms. The van der Waals surface area contributed by atoms with Crippen molar-refractivity contribution in [2.45, 2.75) is 13.3 Å². The van der Waals surface area contributed by atoms with Crippen LogP contribution in [0, 0.1) is 5.82 Å². The van der Waals surface area contributed by atoms with E-state index in [0.717, 1.165) is 12.2 Å². The molecule has 2 aromatic carbocycles. The molecule has 0 aliphatic carbocycles. The van der Waals surface area contributed by atoms with Crippen molar-refractivity contribution in [2.75, 3.05) is 18.5 Å². The molecule has 0 aliphatic rings. The SMILES string of the molecule is CCCOc1ccc(OCC(=O)Nc2cccc(Cl)c2F)cc1. The minimum absolute atomic E-state index is 0.0226. The largest absolute Gasteiger partial charge is 0.494 e. The molecule has 0 radical (unpaired) electrons. The van der Waals surface area contributed by atoms with Crippen LogP contribution in [0.5, 0.6) is 11.5 Å². The summed E-state index contributed by atoms with van der Waals surface area (Å²) in [5.41, 5.74) is 0.0226. The maximum atomic E-state index is 13.7. The van der Waals surface area contributed by atoms with Crippen molar-refractivity contribution in [3.05, 3.63) is 53.3 Å². The lowest BCUT2D eigenvalue weighted by molar-refractivity contribution is -0.118. The molecule has 6 heteroatoms. The number of carbonyl (C=O) groups excluding carboxylic acids is 1. The molecule has 1 N–H and O–H groups in total. The Labute approximate surface area is 139 Å². The van der Waals surface area contributed by atoms with Gasteiger partial charge in [0, 0.05) is 0 Å². The molecule has 0 fully saturated rings. The van der Waals surface area contributed by atoms with Crippen LogP contribution in [0.1, 0.15) is 13.3 Å². The lowest BCUT2D eigenvalue weighted by Crippen LogP contribution is -2.20. The van der Waals surface area contributed by atoms with Crippen molar-refractivity contribution in [3.63, 3.8) is 0 Å². The molecule has 0 unspecified atom stereocenters. The Balaban J connectivity index is 1.85. The van der Waals surface area contributed by atoms with E-state index in [2.05, 4.69) is 5.32 Å². The van der Waals surface area contributed by atoms with Gasteiger partial charge in [-0.25, -0.2) is 4.39 Å². The zero-order chi connectivity index (χ0) is 16.7. The second kappa shape index (κ2) is 8.39. The molecule has 4 nitrogen and oxygen atoms in total. The number of hydrogen-bond donors (Lipinski definition) is 1. The molecule has 2 rings (SSSR count). The maximum Gasteiger partial charge on any atom is 0.262 e. The first-order chi connectivity index (χ1) is 11.1. The van der Waals surface area contributed by atoms with Gasteiger partial charge in [-0.3, -0.25) is 4.79 Å². The number of amides is 1. The van der Waals surface area contributed by atoms with Crippen molar-refractivity contribution in [3.8, 4) is 11.5 Å². The zero-order valence-electron chi connectivity index (χ0n) is 12.6. The van der Waals surface area contributed by atoms with Gasteiger partial charge in [-0.05, 0) is 42.8 Å². The molecule has 0 heterocycles. The first kappa shape index (κ1) is 17.1. The van der Waals surface area contributed by atoms with Crippen LogP contribution in [0.4, 0.5) is 10.1 Å². The van der Waals surface area contributed by atoms with Gasteiger partial charge in [0.25, 0.3) is 5.91 Å². The maximum absolute atomic E-state index is 13.7. The van der Waals surface area contributed by atoms with Crippen LogP contribution in [-0.2, 0) is 4.79 Å². The molecule has 0 saturated heterocycles. The normalized spacial score (nSPS) is 10.2. The smallest absolute Gasteiger partial charge is 0.262 e.